The van der Waals surface area contributed by atoms with Gasteiger partial charge in [0.1, 0.15) is 5.69 Å². The Balaban J connectivity index is 3.38. The van der Waals surface area contributed by atoms with Crippen molar-refractivity contribution in [1.82, 2.24) is 9.36 Å². The van der Waals surface area contributed by atoms with Crippen molar-refractivity contribution in [2.24, 2.45) is 0 Å². The Labute approximate surface area is 109 Å². The SMILES string of the molecule is CCCn1c(COC)c(N)c(=O)n1C(CC)CC. The predicted octanol–water partition coefficient (Wildman–Crippen LogP) is 2.15. The molecule has 0 amide bonds. The molecule has 2 N–H and O–H groups in total. The van der Waals surface area contributed by atoms with Crippen molar-refractivity contribution in [1.29, 1.82) is 0 Å². The standard InChI is InChI=1S/C13H25N3O2/c1-5-8-15-11(9-18-4)12(14)13(17)16(15)10(6-2)7-3/h10H,5-9,14H2,1-4H3. The lowest BCUT2D eigenvalue weighted by Crippen LogP contribution is -2.28. The van der Waals surface area contributed by atoms with Gasteiger partial charge in [-0.3, -0.25) is 9.48 Å². The van der Waals surface area contributed by atoms with E-state index >= 15 is 0 Å². The fourth-order valence-electron chi connectivity index (χ4n) is 2.37. The number of aromatic nitrogens is 2. The molecule has 0 saturated carbocycles. The average Bonchev–Trinajstić information content (AvgIpc) is 2.59. The van der Waals surface area contributed by atoms with Gasteiger partial charge in [-0.05, 0) is 19.3 Å². The zero-order chi connectivity index (χ0) is 13.7. The third kappa shape index (κ3) is 2.61. The molecular formula is C13H25N3O2. The molecule has 0 radical (unpaired) electrons. The van der Waals surface area contributed by atoms with E-state index in [1.807, 2.05) is 9.36 Å². The van der Waals surface area contributed by atoms with E-state index in [-0.39, 0.29) is 11.6 Å². The van der Waals surface area contributed by atoms with E-state index in [0.717, 1.165) is 31.5 Å². The molecule has 0 atom stereocenters. The van der Waals surface area contributed by atoms with Crippen LogP contribution in [-0.4, -0.2) is 16.5 Å². The van der Waals surface area contributed by atoms with Crippen LogP contribution in [0.5, 0.6) is 0 Å². The Morgan fingerprint density at radius 1 is 1.28 bits per heavy atom. The summed E-state index contributed by atoms with van der Waals surface area (Å²) in [5.41, 5.74) is 6.99. The van der Waals surface area contributed by atoms with Crippen LogP contribution in [0.25, 0.3) is 0 Å². The van der Waals surface area contributed by atoms with Crippen LogP contribution in [-0.2, 0) is 17.9 Å². The first-order chi connectivity index (χ1) is 8.62. The predicted molar refractivity (Wildman–Crippen MR) is 73.7 cm³/mol. The maximum atomic E-state index is 12.3. The molecule has 0 aliphatic carbocycles. The molecule has 0 fully saturated rings. The molecule has 0 aromatic carbocycles. The van der Waals surface area contributed by atoms with Crippen LogP contribution in [0.15, 0.2) is 4.79 Å². The Hall–Kier alpha value is -1.23. The number of nitrogens with zero attached hydrogens (tertiary/aromatic N) is 2. The van der Waals surface area contributed by atoms with Gasteiger partial charge < -0.3 is 10.5 Å². The van der Waals surface area contributed by atoms with Crippen LogP contribution in [0.4, 0.5) is 5.69 Å². The van der Waals surface area contributed by atoms with Crippen molar-refractivity contribution in [2.75, 3.05) is 12.8 Å². The largest absolute Gasteiger partial charge is 0.393 e. The average molecular weight is 255 g/mol. The van der Waals surface area contributed by atoms with Crippen LogP contribution >= 0.6 is 0 Å². The molecule has 0 unspecified atom stereocenters. The summed E-state index contributed by atoms with van der Waals surface area (Å²) in [5.74, 6) is 0. The van der Waals surface area contributed by atoms with E-state index in [9.17, 15) is 4.79 Å². The number of hydrogen-bond acceptors (Lipinski definition) is 3. The number of methoxy groups -OCH3 is 1. The van der Waals surface area contributed by atoms with Gasteiger partial charge in [-0.15, -0.1) is 0 Å². The molecule has 0 bridgehead atoms. The van der Waals surface area contributed by atoms with Crippen molar-refractivity contribution in [3.8, 4) is 0 Å². The molecule has 0 aliphatic rings. The second kappa shape index (κ2) is 6.64. The van der Waals surface area contributed by atoms with Crippen molar-refractivity contribution in [2.45, 2.75) is 59.2 Å². The zero-order valence-corrected chi connectivity index (χ0v) is 11.9. The highest BCUT2D eigenvalue weighted by Gasteiger charge is 2.21. The topological polar surface area (TPSA) is 62.2 Å². The molecule has 1 aromatic rings. The van der Waals surface area contributed by atoms with Gasteiger partial charge in [0.2, 0.25) is 0 Å². The van der Waals surface area contributed by atoms with Crippen LogP contribution in [0.3, 0.4) is 0 Å². The minimum absolute atomic E-state index is 0.0794. The lowest BCUT2D eigenvalue weighted by atomic mass is 10.2. The molecule has 1 aromatic heterocycles. The quantitative estimate of drug-likeness (QED) is 0.812. The molecular weight excluding hydrogens is 230 g/mol. The molecule has 0 aliphatic heterocycles. The number of ether oxygens (including phenoxy) is 1. The van der Waals surface area contributed by atoms with E-state index < -0.39 is 0 Å². The van der Waals surface area contributed by atoms with Gasteiger partial charge in [-0.25, -0.2) is 4.68 Å². The van der Waals surface area contributed by atoms with Gasteiger partial charge in [0.15, 0.2) is 0 Å². The third-order valence-electron chi connectivity index (χ3n) is 3.33. The minimum atomic E-state index is -0.0794. The minimum Gasteiger partial charge on any atom is -0.393 e. The summed E-state index contributed by atoms with van der Waals surface area (Å²) in [6.07, 6.45) is 2.82. The summed E-state index contributed by atoms with van der Waals surface area (Å²) in [6.45, 7) is 7.45. The highest BCUT2D eigenvalue weighted by Crippen LogP contribution is 2.19. The fourth-order valence-corrected chi connectivity index (χ4v) is 2.37. The summed E-state index contributed by atoms with van der Waals surface area (Å²) in [4.78, 5) is 12.3. The van der Waals surface area contributed by atoms with Crippen LogP contribution in [0, 0.1) is 0 Å². The van der Waals surface area contributed by atoms with Gasteiger partial charge in [0, 0.05) is 13.7 Å². The fraction of sp³-hybridized carbons (Fsp3) is 0.769. The molecule has 104 valence electrons. The van der Waals surface area contributed by atoms with Crippen molar-refractivity contribution in [3.05, 3.63) is 16.0 Å². The van der Waals surface area contributed by atoms with Gasteiger partial charge in [0.25, 0.3) is 5.56 Å². The van der Waals surface area contributed by atoms with E-state index in [1.54, 1.807) is 7.11 Å². The highest BCUT2D eigenvalue weighted by atomic mass is 16.5. The molecule has 1 rings (SSSR count). The summed E-state index contributed by atoms with van der Waals surface area (Å²) in [5, 5.41) is 0. The van der Waals surface area contributed by atoms with Gasteiger partial charge >= 0.3 is 0 Å². The molecule has 5 heteroatoms. The first-order valence-corrected chi connectivity index (χ1v) is 6.70. The monoisotopic (exact) mass is 255 g/mol. The molecule has 1 heterocycles. The maximum Gasteiger partial charge on any atom is 0.290 e. The summed E-state index contributed by atoms with van der Waals surface area (Å²) in [7, 11) is 1.62. The maximum absolute atomic E-state index is 12.3. The van der Waals surface area contributed by atoms with Crippen molar-refractivity contribution < 1.29 is 4.74 Å². The van der Waals surface area contributed by atoms with Gasteiger partial charge in [0.05, 0.1) is 18.3 Å². The lowest BCUT2D eigenvalue weighted by molar-refractivity contribution is 0.172. The number of anilines is 1. The van der Waals surface area contributed by atoms with Gasteiger partial charge in [-0.1, -0.05) is 20.8 Å². The number of hydrogen-bond donors (Lipinski definition) is 1. The van der Waals surface area contributed by atoms with E-state index in [0.29, 0.717) is 12.3 Å². The Kier molecular flexibility index (Phi) is 5.47. The second-order valence-electron chi connectivity index (χ2n) is 4.54. The van der Waals surface area contributed by atoms with Crippen LogP contribution in [0.2, 0.25) is 0 Å². The summed E-state index contributed by atoms with van der Waals surface area (Å²) in [6, 6.07) is 0.206. The van der Waals surface area contributed by atoms with Gasteiger partial charge in [-0.2, -0.15) is 0 Å². The molecule has 5 nitrogen and oxygen atoms in total. The molecule has 0 spiro atoms. The highest BCUT2D eigenvalue weighted by molar-refractivity contribution is 5.41. The number of nitrogen functional groups attached to an aromatic ring is 1. The summed E-state index contributed by atoms with van der Waals surface area (Å²) >= 11 is 0. The normalized spacial score (nSPS) is 11.4. The Morgan fingerprint density at radius 3 is 2.33 bits per heavy atom. The first kappa shape index (κ1) is 14.8. The van der Waals surface area contributed by atoms with E-state index in [4.69, 9.17) is 10.5 Å². The van der Waals surface area contributed by atoms with Crippen molar-refractivity contribution >= 4 is 5.69 Å². The zero-order valence-electron chi connectivity index (χ0n) is 11.9. The van der Waals surface area contributed by atoms with Crippen LogP contribution < -0.4 is 11.3 Å². The smallest absolute Gasteiger partial charge is 0.290 e. The number of nitrogens with two attached hydrogens (primary N) is 1. The lowest BCUT2D eigenvalue weighted by Gasteiger charge is -2.20. The van der Waals surface area contributed by atoms with Crippen molar-refractivity contribution in [3.63, 3.8) is 0 Å². The van der Waals surface area contributed by atoms with Crippen LogP contribution in [0.1, 0.15) is 51.8 Å². The first-order valence-electron chi connectivity index (χ1n) is 6.70. The Morgan fingerprint density at radius 2 is 1.89 bits per heavy atom. The number of rotatable bonds is 7. The van der Waals surface area contributed by atoms with E-state index in [1.165, 1.54) is 0 Å². The second-order valence-corrected chi connectivity index (χ2v) is 4.54. The van der Waals surface area contributed by atoms with E-state index in [2.05, 4.69) is 20.8 Å². The molecule has 0 saturated heterocycles. The third-order valence-corrected chi connectivity index (χ3v) is 3.33. The summed E-state index contributed by atoms with van der Waals surface area (Å²) < 4.78 is 8.97. The molecule has 18 heavy (non-hydrogen) atoms. The Bertz CT molecular complexity index is 430.